The van der Waals surface area contributed by atoms with Crippen LogP contribution < -0.4 is 11.1 Å². The SMILES string of the molecule is CN1CCCC(CCC(=O)Nc2ccc(N)cn2)C1. The smallest absolute Gasteiger partial charge is 0.225 e. The molecule has 1 aliphatic rings. The van der Waals surface area contributed by atoms with Gasteiger partial charge in [0.2, 0.25) is 5.91 Å². The number of nitrogens with two attached hydrogens (primary N) is 1. The molecule has 1 saturated heterocycles. The van der Waals surface area contributed by atoms with Gasteiger partial charge in [-0.05, 0) is 50.9 Å². The standard InChI is InChI=1S/C14H22N4O/c1-18-8-2-3-11(10-18)4-7-14(19)17-13-6-5-12(15)9-16-13/h5-6,9,11H,2-4,7-8,10,15H2,1H3,(H,16,17,19). The summed E-state index contributed by atoms with van der Waals surface area (Å²) in [6, 6.07) is 3.46. The van der Waals surface area contributed by atoms with Crippen LogP contribution in [0.25, 0.3) is 0 Å². The van der Waals surface area contributed by atoms with E-state index in [4.69, 9.17) is 5.73 Å². The topological polar surface area (TPSA) is 71.2 Å². The fourth-order valence-corrected chi connectivity index (χ4v) is 2.53. The number of pyridine rings is 1. The van der Waals surface area contributed by atoms with Crippen LogP contribution in [0.2, 0.25) is 0 Å². The molecule has 1 atom stereocenters. The molecule has 0 spiro atoms. The molecule has 1 fully saturated rings. The molecule has 1 aromatic rings. The van der Waals surface area contributed by atoms with Crippen molar-refractivity contribution in [1.29, 1.82) is 0 Å². The average Bonchev–Trinajstić information content (AvgIpc) is 2.39. The van der Waals surface area contributed by atoms with E-state index in [-0.39, 0.29) is 5.91 Å². The lowest BCUT2D eigenvalue weighted by Gasteiger charge is -2.29. The summed E-state index contributed by atoms with van der Waals surface area (Å²) in [6.45, 7) is 2.28. The predicted molar refractivity (Wildman–Crippen MR) is 76.7 cm³/mol. The quantitative estimate of drug-likeness (QED) is 0.866. The maximum Gasteiger partial charge on any atom is 0.225 e. The Bertz CT molecular complexity index is 418. The van der Waals surface area contributed by atoms with Crippen LogP contribution in [-0.4, -0.2) is 35.9 Å². The van der Waals surface area contributed by atoms with Crippen molar-refractivity contribution >= 4 is 17.4 Å². The summed E-state index contributed by atoms with van der Waals surface area (Å²) in [7, 11) is 2.14. The molecule has 5 nitrogen and oxygen atoms in total. The van der Waals surface area contributed by atoms with Gasteiger partial charge >= 0.3 is 0 Å². The highest BCUT2D eigenvalue weighted by atomic mass is 16.1. The minimum Gasteiger partial charge on any atom is -0.397 e. The van der Waals surface area contributed by atoms with E-state index >= 15 is 0 Å². The number of likely N-dealkylation sites (tertiary alicyclic amines) is 1. The normalized spacial score (nSPS) is 20.2. The number of carbonyl (C=O) groups is 1. The van der Waals surface area contributed by atoms with Crippen LogP contribution in [0.15, 0.2) is 18.3 Å². The van der Waals surface area contributed by atoms with Gasteiger partial charge in [-0.1, -0.05) is 0 Å². The minimum atomic E-state index is 0.0329. The second kappa shape index (κ2) is 6.52. The van der Waals surface area contributed by atoms with Crippen LogP contribution in [0.1, 0.15) is 25.7 Å². The molecule has 0 aliphatic carbocycles. The molecule has 19 heavy (non-hydrogen) atoms. The molecular formula is C14H22N4O. The molecule has 2 heterocycles. The predicted octanol–water partition coefficient (Wildman–Crippen LogP) is 1.72. The van der Waals surface area contributed by atoms with Crippen LogP contribution in [0.4, 0.5) is 11.5 Å². The molecule has 104 valence electrons. The molecule has 0 bridgehead atoms. The lowest BCUT2D eigenvalue weighted by molar-refractivity contribution is -0.116. The number of nitrogens with one attached hydrogen (secondary N) is 1. The molecule has 1 aliphatic heterocycles. The van der Waals surface area contributed by atoms with Gasteiger partial charge in [-0.3, -0.25) is 4.79 Å². The first-order valence-electron chi connectivity index (χ1n) is 6.83. The minimum absolute atomic E-state index is 0.0329. The Balaban J connectivity index is 1.73. The van der Waals surface area contributed by atoms with E-state index in [9.17, 15) is 4.79 Å². The van der Waals surface area contributed by atoms with Crippen molar-refractivity contribution in [1.82, 2.24) is 9.88 Å². The van der Waals surface area contributed by atoms with Crippen molar-refractivity contribution in [3.8, 4) is 0 Å². The van der Waals surface area contributed by atoms with E-state index in [0.717, 1.165) is 13.0 Å². The second-order valence-electron chi connectivity index (χ2n) is 5.33. The Morgan fingerprint density at radius 1 is 1.58 bits per heavy atom. The number of nitrogen functional groups attached to an aromatic ring is 1. The molecule has 0 aromatic carbocycles. The Labute approximate surface area is 114 Å². The van der Waals surface area contributed by atoms with Crippen molar-refractivity contribution in [2.24, 2.45) is 5.92 Å². The van der Waals surface area contributed by atoms with Crippen molar-refractivity contribution in [2.75, 3.05) is 31.2 Å². The monoisotopic (exact) mass is 262 g/mol. The molecule has 3 N–H and O–H groups in total. The zero-order chi connectivity index (χ0) is 13.7. The van der Waals surface area contributed by atoms with Crippen LogP contribution >= 0.6 is 0 Å². The van der Waals surface area contributed by atoms with E-state index in [2.05, 4.69) is 22.2 Å². The second-order valence-corrected chi connectivity index (χ2v) is 5.33. The third-order valence-electron chi connectivity index (χ3n) is 3.56. The molecular weight excluding hydrogens is 240 g/mol. The number of aromatic nitrogens is 1. The van der Waals surface area contributed by atoms with Crippen molar-refractivity contribution in [3.05, 3.63) is 18.3 Å². The number of carbonyl (C=O) groups excluding carboxylic acids is 1. The van der Waals surface area contributed by atoms with Crippen LogP contribution in [-0.2, 0) is 4.79 Å². The summed E-state index contributed by atoms with van der Waals surface area (Å²) in [5.41, 5.74) is 6.15. The molecule has 0 saturated carbocycles. The number of nitrogens with zero attached hydrogens (tertiary/aromatic N) is 2. The third kappa shape index (κ3) is 4.52. The summed E-state index contributed by atoms with van der Waals surface area (Å²) in [4.78, 5) is 18.2. The van der Waals surface area contributed by atoms with Crippen LogP contribution in [0, 0.1) is 5.92 Å². The summed E-state index contributed by atoms with van der Waals surface area (Å²) in [5, 5.41) is 2.80. The van der Waals surface area contributed by atoms with Gasteiger partial charge in [0.25, 0.3) is 0 Å². The Hall–Kier alpha value is -1.62. The highest BCUT2D eigenvalue weighted by molar-refractivity contribution is 5.89. The number of piperidine rings is 1. The molecule has 0 radical (unpaired) electrons. The lowest BCUT2D eigenvalue weighted by atomic mass is 9.93. The van der Waals surface area contributed by atoms with E-state index in [1.807, 2.05) is 0 Å². The van der Waals surface area contributed by atoms with Crippen LogP contribution in [0.5, 0.6) is 0 Å². The largest absolute Gasteiger partial charge is 0.397 e. The number of rotatable bonds is 4. The fraction of sp³-hybridized carbons (Fsp3) is 0.571. The van der Waals surface area contributed by atoms with Crippen molar-refractivity contribution in [3.63, 3.8) is 0 Å². The fourth-order valence-electron chi connectivity index (χ4n) is 2.53. The molecule has 5 heteroatoms. The van der Waals surface area contributed by atoms with Crippen LogP contribution in [0.3, 0.4) is 0 Å². The van der Waals surface area contributed by atoms with Crippen molar-refractivity contribution in [2.45, 2.75) is 25.7 Å². The summed E-state index contributed by atoms with van der Waals surface area (Å²) < 4.78 is 0. The Kier molecular flexibility index (Phi) is 4.74. The van der Waals surface area contributed by atoms with Crippen molar-refractivity contribution < 1.29 is 4.79 Å². The zero-order valence-corrected chi connectivity index (χ0v) is 11.4. The first kappa shape index (κ1) is 13.8. The Morgan fingerprint density at radius 2 is 2.42 bits per heavy atom. The maximum atomic E-state index is 11.8. The number of anilines is 2. The number of hydrogen-bond donors (Lipinski definition) is 2. The summed E-state index contributed by atoms with van der Waals surface area (Å²) >= 11 is 0. The molecule has 1 aromatic heterocycles. The third-order valence-corrected chi connectivity index (χ3v) is 3.56. The number of hydrogen-bond acceptors (Lipinski definition) is 4. The Morgan fingerprint density at radius 3 is 3.11 bits per heavy atom. The molecule has 1 unspecified atom stereocenters. The first-order valence-corrected chi connectivity index (χ1v) is 6.83. The van der Waals surface area contributed by atoms with Gasteiger partial charge in [0.05, 0.1) is 11.9 Å². The zero-order valence-electron chi connectivity index (χ0n) is 11.4. The highest BCUT2D eigenvalue weighted by Crippen LogP contribution is 2.20. The molecule has 2 rings (SSSR count). The lowest BCUT2D eigenvalue weighted by Crippen LogP contribution is -2.32. The maximum absolute atomic E-state index is 11.8. The van der Waals surface area contributed by atoms with Gasteiger partial charge < -0.3 is 16.0 Å². The van der Waals surface area contributed by atoms with Gasteiger partial charge in [0, 0.05) is 13.0 Å². The number of amides is 1. The average molecular weight is 262 g/mol. The van der Waals surface area contributed by atoms with Gasteiger partial charge in [0.1, 0.15) is 5.82 Å². The van der Waals surface area contributed by atoms with E-state index in [0.29, 0.717) is 23.8 Å². The van der Waals surface area contributed by atoms with E-state index in [1.165, 1.54) is 19.4 Å². The van der Waals surface area contributed by atoms with Gasteiger partial charge in [0.15, 0.2) is 0 Å². The highest BCUT2D eigenvalue weighted by Gasteiger charge is 2.18. The van der Waals surface area contributed by atoms with Gasteiger partial charge in [-0.25, -0.2) is 4.98 Å². The first-order chi connectivity index (χ1) is 9.13. The van der Waals surface area contributed by atoms with Gasteiger partial charge in [-0.15, -0.1) is 0 Å². The molecule has 1 amide bonds. The van der Waals surface area contributed by atoms with E-state index in [1.54, 1.807) is 18.3 Å². The summed E-state index contributed by atoms with van der Waals surface area (Å²) in [5.74, 6) is 1.24. The summed E-state index contributed by atoms with van der Waals surface area (Å²) in [6.07, 6.45) is 5.53. The van der Waals surface area contributed by atoms with Gasteiger partial charge in [-0.2, -0.15) is 0 Å². The van der Waals surface area contributed by atoms with E-state index < -0.39 is 0 Å².